The first-order valence-corrected chi connectivity index (χ1v) is 11.0. The fourth-order valence-electron chi connectivity index (χ4n) is 3.07. The van der Waals surface area contributed by atoms with E-state index in [2.05, 4.69) is 16.0 Å². The molecule has 0 bridgehead atoms. The lowest BCUT2D eigenvalue weighted by Gasteiger charge is -2.24. The van der Waals surface area contributed by atoms with E-state index in [0.29, 0.717) is 31.4 Å². The summed E-state index contributed by atoms with van der Waals surface area (Å²) in [6.45, 7) is -0.193. The normalized spacial score (nSPS) is 13.2. The Balaban J connectivity index is 2.95. The molecule has 188 valence electrons. The molecule has 1 rings (SSSR count). The van der Waals surface area contributed by atoms with E-state index in [9.17, 15) is 24.0 Å². The van der Waals surface area contributed by atoms with Crippen LogP contribution in [0.2, 0.25) is 0 Å². The van der Waals surface area contributed by atoms with Gasteiger partial charge in [0, 0.05) is 12.8 Å². The molecule has 0 radical (unpaired) electrons. The minimum absolute atomic E-state index is 0.0518. The van der Waals surface area contributed by atoms with E-state index < -0.39 is 60.8 Å². The van der Waals surface area contributed by atoms with Crippen LogP contribution in [0.25, 0.3) is 0 Å². The van der Waals surface area contributed by atoms with Crippen LogP contribution in [-0.4, -0.2) is 71.1 Å². The maximum Gasteiger partial charge on any atom is 0.322 e. The van der Waals surface area contributed by atoms with Crippen LogP contribution in [-0.2, 0) is 30.4 Å². The van der Waals surface area contributed by atoms with Crippen molar-refractivity contribution in [1.82, 2.24) is 16.0 Å². The Hall–Kier alpha value is -3.51. The maximum absolute atomic E-state index is 12.9. The van der Waals surface area contributed by atoms with Gasteiger partial charge in [-0.1, -0.05) is 36.8 Å². The van der Waals surface area contributed by atoms with E-state index in [-0.39, 0.29) is 12.8 Å². The second-order valence-corrected chi connectivity index (χ2v) is 7.75. The molecule has 34 heavy (non-hydrogen) atoms. The standard InChI is InChI=1S/C22H33N5O7/c23-11-5-4-8-15(24)20(32)26-16(9-10-18(28)29)22(34)27-17(21(33)25-13-19(30)31)12-14-6-2-1-3-7-14/h1-3,6-7,15-17H,4-5,8-13,23-24H2,(H,25,33)(H,26,32)(H,27,34)(H,28,29)(H,30,31). The minimum atomic E-state index is -1.26. The average molecular weight is 480 g/mol. The number of carbonyl (C=O) groups excluding carboxylic acids is 3. The van der Waals surface area contributed by atoms with Gasteiger partial charge in [-0.2, -0.15) is 0 Å². The molecule has 12 heteroatoms. The lowest BCUT2D eigenvalue weighted by atomic mass is 10.0. The van der Waals surface area contributed by atoms with E-state index in [1.807, 2.05) is 0 Å². The summed E-state index contributed by atoms with van der Waals surface area (Å²) in [6.07, 6.45) is 1.05. The molecular weight excluding hydrogens is 446 g/mol. The zero-order valence-corrected chi connectivity index (χ0v) is 18.9. The van der Waals surface area contributed by atoms with Crippen molar-refractivity contribution in [2.45, 2.75) is 56.7 Å². The van der Waals surface area contributed by atoms with Crippen LogP contribution >= 0.6 is 0 Å². The summed E-state index contributed by atoms with van der Waals surface area (Å²) in [5.41, 5.74) is 12.0. The Kier molecular flexibility index (Phi) is 12.9. The Bertz CT molecular complexity index is 834. The molecule has 0 saturated carbocycles. The first-order valence-electron chi connectivity index (χ1n) is 11.0. The van der Waals surface area contributed by atoms with Crippen LogP contribution in [0.15, 0.2) is 30.3 Å². The van der Waals surface area contributed by atoms with Gasteiger partial charge in [-0.3, -0.25) is 24.0 Å². The molecule has 3 atom stereocenters. The third-order valence-electron chi connectivity index (χ3n) is 4.92. The number of carboxylic acid groups (broad SMARTS) is 2. The van der Waals surface area contributed by atoms with Crippen LogP contribution in [0.3, 0.4) is 0 Å². The number of aliphatic carboxylic acids is 2. The monoisotopic (exact) mass is 479 g/mol. The zero-order chi connectivity index (χ0) is 25.5. The molecule has 0 aliphatic rings. The molecule has 1 aromatic carbocycles. The van der Waals surface area contributed by atoms with Gasteiger partial charge in [-0.05, 0) is 31.4 Å². The van der Waals surface area contributed by atoms with Gasteiger partial charge in [0.15, 0.2) is 0 Å². The second kappa shape index (κ2) is 15.3. The van der Waals surface area contributed by atoms with Crippen LogP contribution in [0.4, 0.5) is 0 Å². The number of benzene rings is 1. The zero-order valence-electron chi connectivity index (χ0n) is 18.9. The number of carboxylic acids is 2. The molecule has 0 saturated heterocycles. The number of amides is 3. The molecule has 9 N–H and O–H groups in total. The smallest absolute Gasteiger partial charge is 0.322 e. The van der Waals surface area contributed by atoms with Gasteiger partial charge < -0.3 is 37.6 Å². The van der Waals surface area contributed by atoms with Gasteiger partial charge in [0.2, 0.25) is 17.7 Å². The maximum atomic E-state index is 12.9. The second-order valence-electron chi connectivity index (χ2n) is 7.75. The number of unbranched alkanes of at least 4 members (excludes halogenated alkanes) is 1. The number of nitrogens with two attached hydrogens (primary N) is 2. The molecular formula is C22H33N5O7. The largest absolute Gasteiger partial charge is 0.481 e. The number of nitrogens with one attached hydrogen (secondary N) is 3. The van der Waals surface area contributed by atoms with Crippen LogP contribution in [0, 0.1) is 0 Å². The lowest BCUT2D eigenvalue weighted by molar-refractivity contribution is -0.138. The van der Waals surface area contributed by atoms with E-state index >= 15 is 0 Å². The summed E-state index contributed by atoms with van der Waals surface area (Å²) in [6, 6.07) is 5.39. The van der Waals surface area contributed by atoms with Gasteiger partial charge in [-0.15, -0.1) is 0 Å². The molecule has 3 amide bonds. The number of rotatable bonds is 16. The van der Waals surface area contributed by atoms with E-state index in [0.717, 1.165) is 0 Å². The Morgan fingerprint density at radius 2 is 1.47 bits per heavy atom. The Labute approximate surface area is 197 Å². The molecule has 12 nitrogen and oxygen atoms in total. The molecule has 0 spiro atoms. The van der Waals surface area contributed by atoms with Crippen molar-refractivity contribution >= 4 is 29.7 Å². The quantitative estimate of drug-likeness (QED) is 0.140. The predicted molar refractivity (Wildman–Crippen MR) is 122 cm³/mol. The topological polar surface area (TPSA) is 214 Å². The summed E-state index contributed by atoms with van der Waals surface area (Å²) in [5.74, 6) is -4.57. The van der Waals surface area contributed by atoms with Crippen LogP contribution < -0.4 is 27.4 Å². The highest BCUT2D eigenvalue weighted by Crippen LogP contribution is 2.07. The lowest BCUT2D eigenvalue weighted by Crippen LogP contribution is -2.56. The first-order chi connectivity index (χ1) is 16.1. The summed E-state index contributed by atoms with van der Waals surface area (Å²) in [7, 11) is 0. The van der Waals surface area contributed by atoms with Gasteiger partial charge in [-0.25, -0.2) is 0 Å². The molecule has 3 unspecified atom stereocenters. The number of hydrogen-bond donors (Lipinski definition) is 7. The summed E-state index contributed by atoms with van der Waals surface area (Å²) in [5, 5.41) is 25.0. The van der Waals surface area contributed by atoms with E-state index in [4.69, 9.17) is 21.7 Å². The van der Waals surface area contributed by atoms with Crippen molar-refractivity contribution in [3.8, 4) is 0 Å². The van der Waals surface area contributed by atoms with Gasteiger partial charge in [0.1, 0.15) is 18.6 Å². The third-order valence-corrected chi connectivity index (χ3v) is 4.92. The fraction of sp³-hybridized carbons (Fsp3) is 0.500. The summed E-state index contributed by atoms with van der Waals surface area (Å²) >= 11 is 0. The minimum Gasteiger partial charge on any atom is -0.481 e. The average Bonchev–Trinajstić information content (AvgIpc) is 2.80. The van der Waals surface area contributed by atoms with Crippen molar-refractivity contribution in [2.24, 2.45) is 11.5 Å². The molecule has 1 aromatic rings. The molecule has 0 aliphatic heterocycles. The van der Waals surface area contributed by atoms with Crippen molar-refractivity contribution < 1.29 is 34.2 Å². The van der Waals surface area contributed by atoms with Crippen LogP contribution in [0.1, 0.15) is 37.7 Å². The van der Waals surface area contributed by atoms with E-state index in [1.54, 1.807) is 30.3 Å². The van der Waals surface area contributed by atoms with Crippen LogP contribution in [0.5, 0.6) is 0 Å². The van der Waals surface area contributed by atoms with Crippen molar-refractivity contribution in [3.63, 3.8) is 0 Å². The summed E-state index contributed by atoms with van der Waals surface area (Å²) in [4.78, 5) is 59.8. The van der Waals surface area contributed by atoms with Gasteiger partial charge in [0.25, 0.3) is 0 Å². The highest BCUT2D eigenvalue weighted by atomic mass is 16.4. The first kappa shape index (κ1) is 28.5. The molecule has 0 aromatic heterocycles. The number of carbonyl (C=O) groups is 5. The molecule has 0 fully saturated rings. The Morgan fingerprint density at radius 3 is 2.06 bits per heavy atom. The number of hydrogen-bond acceptors (Lipinski definition) is 7. The van der Waals surface area contributed by atoms with Gasteiger partial charge >= 0.3 is 11.9 Å². The van der Waals surface area contributed by atoms with Crippen molar-refractivity contribution in [1.29, 1.82) is 0 Å². The highest BCUT2D eigenvalue weighted by Gasteiger charge is 2.28. The molecule has 0 aliphatic carbocycles. The predicted octanol–water partition coefficient (Wildman–Crippen LogP) is -1.28. The van der Waals surface area contributed by atoms with Crippen molar-refractivity contribution in [2.75, 3.05) is 13.1 Å². The Morgan fingerprint density at radius 1 is 0.824 bits per heavy atom. The highest BCUT2D eigenvalue weighted by molar-refractivity contribution is 5.94. The van der Waals surface area contributed by atoms with E-state index in [1.165, 1.54) is 0 Å². The third kappa shape index (κ3) is 11.4. The van der Waals surface area contributed by atoms with Gasteiger partial charge in [0.05, 0.1) is 6.04 Å². The fourth-order valence-corrected chi connectivity index (χ4v) is 3.07. The van der Waals surface area contributed by atoms with Crippen molar-refractivity contribution in [3.05, 3.63) is 35.9 Å². The SMILES string of the molecule is NCCCCC(N)C(=O)NC(CCC(=O)O)C(=O)NC(Cc1ccccc1)C(=O)NCC(=O)O. The molecule has 0 heterocycles. The summed E-state index contributed by atoms with van der Waals surface area (Å²) < 4.78 is 0.